The minimum absolute atomic E-state index is 0.120. The lowest BCUT2D eigenvalue weighted by Crippen LogP contribution is -2.06. The van der Waals surface area contributed by atoms with Gasteiger partial charge in [-0.2, -0.15) is 0 Å². The highest BCUT2D eigenvalue weighted by atomic mass is 16.5. The van der Waals surface area contributed by atoms with Gasteiger partial charge in [-0.25, -0.2) is 0 Å². The Morgan fingerprint density at radius 1 is 1.26 bits per heavy atom. The van der Waals surface area contributed by atoms with Gasteiger partial charge in [-0.05, 0) is 31.4 Å². The maximum atomic E-state index is 10.9. The van der Waals surface area contributed by atoms with Crippen molar-refractivity contribution in [3.05, 3.63) is 24.3 Å². The average molecular weight is 265 g/mol. The van der Waals surface area contributed by atoms with Crippen LogP contribution in [0.3, 0.4) is 0 Å². The minimum atomic E-state index is -0.760. The van der Waals surface area contributed by atoms with Gasteiger partial charge in [0.25, 0.3) is 0 Å². The van der Waals surface area contributed by atoms with Crippen molar-refractivity contribution in [2.75, 3.05) is 11.9 Å². The van der Waals surface area contributed by atoms with E-state index >= 15 is 0 Å². The third kappa shape index (κ3) is 7.08. The number of hydrogen-bond donors (Lipinski definition) is 2. The molecule has 1 aromatic rings. The fourth-order valence-electron chi connectivity index (χ4n) is 1.61. The third-order valence-electron chi connectivity index (χ3n) is 2.46. The second-order valence-corrected chi connectivity index (χ2v) is 4.26. The molecular formula is C14H19NO4. The zero-order valence-corrected chi connectivity index (χ0v) is 11.0. The van der Waals surface area contributed by atoms with Gasteiger partial charge in [0, 0.05) is 25.1 Å². The summed E-state index contributed by atoms with van der Waals surface area (Å²) in [5, 5.41) is 11.2. The Bertz CT molecular complexity index is 431. The molecule has 1 rings (SSSR count). The van der Waals surface area contributed by atoms with Gasteiger partial charge in [0.2, 0.25) is 5.91 Å². The lowest BCUT2D eigenvalue weighted by Gasteiger charge is -2.08. The van der Waals surface area contributed by atoms with E-state index in [4.69, 9.17) is 9.84 Å². The van der Waals surface area contributed by atoms with Gasteiger partial charge >= 0.3 is 5.97 Å². The molecule has 1 amide bonds. The molecule has 0 aromatic heterocycles. The molecule has 0 saturated heterocycles. The number of amides is 1. The maximum absolute atomic E-state index is 10.9. The highest BCUT2D eigenvalue weighted by molar-refractivity contribution is 5.88. The molecule has 2 N–H and O–H groups in total. The number of carbonyl (C=O) groups excluding carboxylic acids is 1. The molecule has 1 aromatic carbocycles. The first-order valence-corrected chi connectivity index (χ1v) is 6.30. The summed E-state index contributed by atoms with van der Waals surface area (Å²) in [6.07, 6.45) is 2.53. The van der Waals surface area contributed by atoms with Crippen LogP contribution in [0.2, 0.25) is 0 Å². The predicted molar refractivity (Wildman–Crippen MR) is 72.3 cm³/mol. The van der Waals surface area contributed by atoms with Gasteiger partial charge in [0.15, 0.2) is 0 Å². The van der Waals surface area contributed by atoms with Crippen LogP contribution in [0.5, 0.6) is 5.75 Å². The Hall–Kier alpha value is -2.04. The smallest absolute Gasteiger partial charge is 0.303 e. The van der Waals surface area contributed by atoms with Crippen LogP contribution in [0.15, 0.2) is 24.3 Å². The highest BCUT2D eigenvalue weighted by Crippen LogP contribution is 2.17. The summed E-state index contributed by atoms with van der Waals surface area (Å²) in [4.78, 5) is 21.2. The summed E-state index contributed by atoms with van der Waals surface area (Å²) in [6.45, 7) is 2.00. The summed E-state index contributed by atoms with van der Waals surface area (Å²) < 4.78 is 5.54. The molecule has 0 aliphatic heterocycles. The molecule has 0 saturated carbocycles. The Labute approximate surface area is 112 Å². The molecule has 5 heteroatoms. The van der Waals surface area contributed by atoms with Gasteiger partial charge in [-0.15, -0.1) is 0 Å². The molecule has 0 fully saturated rings. The van der Waals surface area contributed by atoms with E-state index in [-0.39, 0.29) is 12.3 Å². The second-order valence-electron chi connectivity index (χ2n) is 4.26. The van der Waals surface area contributed by atoms with E-state index < -0.39 is 5.97 Å². The quantitative estimate of drug-likeness (QED) is 0.708. The molecule has 0 atom stereocenters. The van der Waals surface area contributed by atoms with Crippen LogP contribution in [0.1, 0.15) is 32.6 Å². The molecule has 0 aliphatic rings. The molecule has 0 unspecified atom stereocenters. The van der Waals surface area contributed by atoms with Crippen molar-refractivity contribution in [3.8, 4) is 5.75 Å². The van der Waals surface area contributed by atoms with Gasteiger partial charge < -0.3 is 15.2 Å². The number of carbonyl (C=O) groups is 2. The molecule has 0 heterocycles. The first kappa shape index (κ1) is 15.0. The van der Waals surface area contributed by atoms with Gasteiger partial charge in [0.05, 0.1) is 6.61 Å². The fraction of sp³-hybridized carbons (Fsp3) is 0.429. The van der Waals surface area contributed by atoms with E-state index in [0.29, 0.717) is 24.5 Å². The lowest BCUT2D eigenvalue weighted by molar-refractivity contribution is -0.137. The Balaban J connectivity index is 2.25. The van der Waals surface area contributed by atoms with E-state index in [1.165, 1.54) is 6.92 Å². The summed E-state index contributed by atoms with van der Waals surface area (Å²) in [7, 11) is 0. The summed E-state index contributed by atoms with van der Waals surface area (Å²) >= 11 is 0. The number of rotatable bonds is 8. The molecule has 5 nitrogen and oxygen atoms in total. The molecule has 0 bridgehead atoms. The average Bonchev–Trinajstić information content (AvgIpc) is 2.33. The minimum Gasteiger partial charge on any atom is -0.494 e. The van der Waals surface area contributed by atoms with Crippen molar-refractivity contribution >= 4 is 17.6 Å². The van der Waals surface area contributed by atoms with Crippen molar-refractivity contribution in [1.29, 1.82) is 0 Å². The number of unbranched alkanes of at least 4 members (excludes halogenated alkanes) is 2. The second kappa shape index (κ2) is 8.13. The van der Waals surface area contributed by atoms with Gasteiger partial charge in [0.1, 0.15) is 5.75 Å². The van der Waals surface area contributed by atoms with E-state index in [0.717, 1.165) is 12.8 Å². The van der Waals surface area contributed by atoms with Crippen molar-refractivity contribution < 1.29 is 19.4 Å². The Kier molecular flexibility index (Phi) is 6.43. The SMILES string of the molecule is CC(=O)Nc1cccc(OCCCCCC(=O)O)c1. The number of benzene rings is 1. The van der Waals surface area contributed by atoms with Crippen LogP contribution in [0, 0.1) is 0 Å². The maximum Gasteiger partial charge on any atom is 0.303 e. The van der Waals surface area contributed by atoms with Crippen LogP contribution in [-0.4, -0.2) is 23.6 Å². The Morgan fingerprint density at radius 2 is 2.05 bits per heavy atom. The van der Waals surface area contributed by atoms with E-state index in [2.05, 4.69) is 5.32 Å². The first-order chi connectivity index (χ1) is 9.08. The van der Waals surface area contributed by atoms with Crippen LogP contribution in [-0.2, 0) is 9.59 Å². The van der Waals surface area contributed by atoms with Crippen molar-refractivity contribution in [1.82, 2.24) is 0 Å². The van der Waals surface area contributed by atoms with Crippen molar-refractivity contribution in [2.45, 2.75) is 32.6 Å². The number of nitrogens with one attached hydrogen (secondary N) is 1. The summed E-state index contributed by atoms with van der Waals surface area (Å²) in [5.41, 5.74) is 0.705. The van der Waals surface area contributed by atoms with Crippen molar-refractivity contribution in [3.63, 3.8) is 0 Å². The largest absolute Gasteiger partial charge is 0.494 e. The highest BCUT2D eigenvalue weighted by Gasteiger charge is 2.00. The third-order valence-corrected chi connectivity index (χ3v) is 2.46. The fourth-order valence-corrected chi connectivity index (χ4v) is 1.61. The molecule has 0 aliphatic carbocycles. The molecule has 0 spiro atoms. The monoisotopic (exact) mass is 265 g/mol. The molecule has 0 radical (unpaired) electrons. The van der Waals surface area contributed by atoms with Crippen LogP contribution < -0.4 is 10.1 Å². The van der Waals surface area contributed by atoms with E-state index in [9.17, 15) is 9.59 Å². The van der Waals surface area contributed by atoms with Crippen LogP contribution in [0.25, 0.3) is 0 Å². The molecule has 19 heavy (non-hydrogen) atoms. The number of ether oxygens (including phenoxy) is 1. The number of carboxylic acid groups (broad SMARTS) is 1. The molecular weight excluding hydrogens is 246 g/mol. The van der Waals surface area contributed by atoms with E-state index in [1.54, 1.807) is 12.1 Å². The zero-order chi connectivity index (χ0) is 14.1. The number of hydrogen-bond acceptors (Lipinski definition) is 3. The zero-order valence-electron chi connectivity index (χ0n) is 11.0. The van der Waals surface area contributed by atoms with Gasteiger partial charge in [-0.3, -0.25) is 9.59 Å². The van der Waals surface area contributed by atoms with Crippen LogP contribution in [0.4, 0.5) is 5.69 Å². The summed E-state index contributed by atoms with van der Waals surface area (Å²) in [6, 6.07) is 7.19. The number of anilines is 1. The van der Waals surface area contributed by atoms with Crippen LogP contribution >= 0.6 is 0 Å². The lowest BCUT2D eigenvalue weighted by atomic mass is 10.2. The number of aliphatic carboxylic acids is 1. The van der Waals surface area contributed by atoms with Crippen molar-refractivity contribution in [2.24, 2.45) is 0 Å². The van der Waals surface area contributed by atoms with E-state index in [1.807, 2.05) is 12.1 Å². The predicted octanol–water partition coefficient (Wildman–Crippen LogP) is 2.67. The number of carboxylic acids is 1. The molecule has 104 valence electrons. The first-order valence-electron chi connectivity index (χ1n) is 6.30. The topological polar surface area (TPSA) is 75.6 Å². The standard InChI is InChI=1S/C14H19NO4/c1-11(16)15-12-6-5-7-13(10-12)19-9-4-2-3-8-14(17)18/h5-7,10H,2-4,8-9H2,1H3,(H,15,16)(H,17,18). The van der Waals surface area contributed by atoms with Gasteiger partial charge in [-0.1, -0.05) is 6.07 Å². The Morgan fingerprint density at radius 3 is 2.74 bits per heavy atom. The summed E-state index contributed by atoms with van der Waals surface area (Å²) in [5.74, 6) is -0.181. The normalized spacial score (nSPS) is 9.95.